The van der Waals surface area contributed by atoms with Gasteiger partial charge in [0, 0.05) is 26.1 Å². The summed E-state index contributed by atoms with van der Waals surface area (Å²) in [4.78, 5) is 2.52. The van der Waals surface area contributed by atoms with Gasteiger partial charge in [0.05, 0.1) is 17.9 Å². The van der Waals surface area contributed by atoms with Gasteiger partial charge in [-0.1, -0.05) is 5.21 Å². The second-order valence-corrected chi connectivity index (χ2v) is 4.68. The molecule has 2 aliphatic heterocycles. The Morgan fingerprint density at radius 2 is 2.06 bits per heavy atom. The minimum Gasteiger partial charge on any atom is -0.311 e. The number of rotatable bonds is 3. The first-order valence-corrected chi connectivity index (χ1v) is 6.28. The van der Waals surface area contributed by atoms with Crippen molar-refractivity contribution in [2.45, 2.75) is 32.4 Å². The Morgan fingerprint density at radius 3 is 2.94 bits per heavy atom. The van der Waals surface area contributed by atoms with Crippen LogP contribution in [0.2, 0.25) is 0 Å². The number of nitrogens with zero attached hydrogens (tertiary/aromatic N) is 4. The van der Waals surface area contributed by atoms with Gasteiger partial charge in [-0.05, 0) is 25.9 Å². The molecule has 5 heteroatoms. The quantitative estimate of drug-likeness (QED) is 0.781. The first kappa shape index (κ1) is 10.2. The van der Waals surface area contributed by atoms with Crippen molar-refractivity contribution in [2.75, 3.05) is 26.2 Å². The van der Waals surface area contributed by atoms with Crippen molar-refractivity contribution in [1.82, 2.24) is 25.2 Å². The molecular weight excluding hydrogens is 202 g/mol. The summed E-state index contributed by atoms with van der Waals surface area (Å²) in [6.45, 7) is 6.60. The van der Waals surface area contributed by atoms with E-state index in [-0.39, 0.29) is 0 Å². The maximum Gasteiger partial charge on any atom is 0.0997 e. The van der Waals surface area contributed by atoms with E-state index in [9.17, 15) is 0 Å². The maximum absolute atomic E-state index is 4.26. The number of nitrogens with one attached hydrogen (secondary N) is 1. The molecule has 0 saturated carbocycles. The molecule has 0 unspecified atom stereocenters. The molecule has 1 aromatic rings. The Morgan fingerprint density at radius 1 is 1.19 bits per heavy atom. The van der Waals surface area contributed by atoms with E-state index in [2.05, 4.69) is 25.2 Å². The van der Waals surface area contributed by atoms with Crippen molar-refractivity contribution in [3.63, 3.8) is 0 Å². The molecule has 2 aliphatic rings. The topological polar surface area (TPSA) is 46.0 Å². The van der Waals surface area contributed by atoms with E-state index in [1.807, 2.05) is 0 Å². The van der Waals surface area contributed by atoms with E-state index in [1.165, 1.54) is 31.6 Å². The van der Waals surface area contributed by atoms with E-state index < -0.39 is 0 Å². The average molecular weight is 221 g/mol. The zero-order chi connectivity index (χ0) is 10.8. The minimum absolute atomic E-state index is 0.888. The summed E-state index contributed by atoms with van der Waals surface area (Å²) >= 11 is 0. The zero-order valence-electron chi connectivity index (χ0n) is 9.65. The summed E-state index contributed by atoms with van der Waals surface area (Å²) in [7, 11) is 0. The Bertz CT molecular complexity index is 353. The molecule has 0 aliphatic carbocycles. The third kappa shape index (κ3) is 1.97. The van der Waals surface area contributed by atoms with Crippen LogP contribution in [0.5, 0.6) is 0 Å². The van der Waals surface area contributed by atoms with Gasteiger partial charge in [0.15, 0.2) is 0 Å². The summed E-state index contributed by atoms with van der Waals surface area (Å²) < 4.78 is 2.11. The molecule has 1 saturated heterocycles. The lowest BCUT2D eigenvalue weighted by molar-refractivity contribution is 0.311. The number of fused-ring (bicyclic) bond motifs is 1. The van der Waals surface area contributed by atoms with E-state index in [4.69, 9.17) is 0 Å². The third-order valence-electron chi connectivity index (χ3n) is 3.58. The number of hydrogen-bond donors (Lipinski definition) is 1. The molecule has 3 rings (SSSR count). The summed E-state index contributed by atoms with van der Waals surface area (Å²) in [6, 6.07) is 0. The summed E-state index contributed by atoms with van der Waals surface area (Å²) in [6.07, 6.45) is 3.79. The highest BCUT2D eigenvalue weighted by atomic mass is 15.4. The van der Waals surface area contributed by atoms with Crippen LogP contribution in [0.25, 0.3) is 0 Å². The molecule has 5 nitrogen and oxygen atoms in total. The predicted octanol–water partition coefficient (Wildman–Crippen LogP) is 0.0196. The van der Waals surface area contributed by atoms with Gasteiger partial charge < -0.3 is 10.2 Å². The summed E-state index contributed by atoms with van der Waals surface area (Å²) in [5.74, 6) is 0. The van der Waals surface area contributed by atoms with Crippen LogP contribution in [0.15, 0.2) is 0 Å². The van der Waals surface area contributed by atoms with Crippen LogP contribution in [0.3, 0.4) is 0 Å². The van der Waals surface area contributed by atoms with Crippen LogP contribution in [-0.4, -0.2) is 46.1 Å². The van der Waals surface area contributed by atoms with Gasteiger partial charge in [0.25, 0.3) is 0 Å². The van der Waals surface area contributed by atoms with Crippen molar-refractivity contribution >= 4 is 0 Å². The van der Waals surface area contributed by atoms with Gasteiger partial charge >= 0.3 is 0 Å². The normalized spacial score (nSPS) is 21.2. The number of hydrogen-bond acceptors (Lipinski definition) is 4. The van der Waals surface area contributed by atoms with Crippen LogP contribution < -0.4 is 5.32 Å². The third-order valence-corrected chi connectivity index (χ3v) is 3.58. The molecule has 0 aromatic carbocycles. The van der Waals surface area contributed by atoms with E-state index >= 15 is 0 Å². The van der Waals surface area contributed by atoms with Crippen LogP contribution in [0, 0.1) is 0 Å². The van der Waals surface area contributed by atoms with Gasteiger partial charge in [-0.15, -0.1) is 5.10 Å². The molecule has 1 N–H and O–H groups in total. The second kappa shape index (κ2) is 4.51. The first-order chi connectivity index (χ1) is 7.93. The summed E-state index contributed by atoms with van der Waals surface area (Å²) in [5.41, 5.74) is 2.49. The lowest BCUT2D eigenvalue weighted by Gasteiger charge is -2.17. The van der Waals surface area contributed by atoms with Crippen molar-refractivity contribution < 1.29 is 0 Å². The first-order valence-electron chi connectivity index (χ1n) is 6.28. The Kier molecular flexibility index (Phi) is 2.88. The molecule has 0 atom stereocenters. The van der Waals surface area contributed by atoms with Gasteiger partial charge in [-0.3, -0.25) is 0 Å². The lowest BCUT2D eigenvalue weighted by atomic mass is 10.2. The van der Waals surface area contributed by atoms with Crippen molar-refractivity contribution in [1.29, 1.82) is 0 Å². The highest BCUT2D eigenvalue weighted by molar-refractivity contribution is 5.13. The minimum atomic E-state index is 0.888. The van der Waals surface area contributed by atoms with Crippen molar-refractivity contribution in [3.05, 3.63) is 11.4 Å². The maximum atomic E-state index is 4.26. The smallest absolute Gasteiger partial charge is 0.0997 e. The van der Waals surface area contributed by atoms with Crippen LogP contribution in [-0.2, 0) is 19.5 Å². The van der Waals surface area contributed by atoms with Crippen LogP contribution in [0.1, 0.15) is 24.2 Å². The molecule has 88 valence electrons. The molecule has 3 heterocycles. The highest BCUT2D eigenvalue weighted by Crippen LogP contribution is 2.11. The monoisotopic (exact) mass is 221 g/mol. The van der Waals surface area contributed by atoms with Crippen molar-refractivity contribution in [3.8, 4) is 0 Å². The molecule has 0 amide bonds. The fourth-order valence-corrected chi connectivity index (χ4v) is 2.62. The Hall–Kier alpha value is -0.940. The lowest BCUT2D eigenvalue weighted by Crippen LogP contribution is -2.28. The van der Waals surface area contributed by atoms with Gasteiger partial charge in [-0.2, -0.15) is 0 Å². The van der Waals surface area contributed by atoms with Gasteiger partial charge in [-0.25, -0.2) is 4.68 Å². The molecular formula is C11H19N5. The number of aromatic nitrogens is 3. The molecule has 1 aromatic heterocycles. The number of likely N-dealkylation sites (tertiary alicyclic amines) is 1. The van der Waals surface area contributed by atoms with Crippen LogP contribution >= 0.6 is 0 Å². The SMILES string of the molecule is C1CCN(CCn2nnc3c2CCNC3)C1. The summed E-state index contributed by atoms with van der Waals surface area (Å²) in [5, 5.41) is 11.8. The van der Waals surface area contributed by atoms with E-state index in [0.717, 1.165) is 38.3 Å². The Balaban J connectivity index is 1.63. The van der Waals surface area contributed by atoms with Gasteiger partial charge in [0.1, 0.15) is 0 Å². The second-order valence-electron chi connectivity index (χ2n) is 4.68. The average Bonchev–Trinajstić information content (AvgIpc) is 2.96. The Labute approximate surface area is 95.8 Å². The highest BCUT2D eigenvalue weighted by Gasteiger charge is 2.17. The van der Waals surface area contributed by atoms with E-state index in [1.54, 1.807) is 0 Å². The molecule has 0 bridgehead atoms. The molecule has 1 fully saturated rings. The molecule has 0 radical (unpaired) electrons. The fraction of sp³-hybridized carbons (Fsp3) is 0.818. The molecule has 16 heavy (non-hydrogen) atoms. The largest absolute Gasteiger partial charge is 0.311 e. The molecule has 0 spiro atoms. The fourth-order valence-electron chi connectivity index (χ4n) is 2.62. The van der Waals surface area contributed by atoms with Crippen molar-refractivity contribution in [2.24, 2.45) is 0 Å². The standard InChI is InChI=1S/C11H19N5/c1-2-6-15(5-1)7-8-16-11-3-4-12-9-10(11)13-14-16/h12H,1-9H2. The predicted molar refractivity (Wildman–Crippen MR) is 61.1 cm³/mol. The van der Waals surface area contributed by atoms with E-state index in [0.29, 0.717) is 0 Å². The van der Waals surface area contributed by atoms with Gasteiger partial charge in [0.2, 0.25) is 0 Å². The zero-order valence-corrected chi connectivity index (χ0v) is 9.65. The van der Waals surface area contributed by atoms with Crippen LogP contribution in [0.4, 0.5) is 0 Å².